The van der Waals surface area contributed by atoms with Gasteiger partial charge in [-0.15, -0.1) is 5.10 Å². The minimum Gasteiger partial charge on any atom is -0.302 e. The van der Waals surface area contributed by atoms with Gasteiger partial charge in [-0.1, -0.05) is 16.8 Å². The standard InChI is InChI=1S/C16H17ClN6O/c17-12-3-5-13(6-4-12)23-15-14(19-20-23)16(24)22(11-18-15)10-9-21-7-1-2-8-21/h3-6,11H,1-2,7-10H2. The number of benzene rings is 1. The second kappa shape index (κ2) is 6.33. The maximum absolute atomic E-state index is 12.6. The molecule has 0 saturated carbocycles. The van der Waals surface area contributed by atoms with Crippen molar-refractivity contribution >= 4 is 22.8 Å². The van der Waals surface area contributed by atoms with Gasteiger partial charge in [-0.05, 0) is 50.2 Å². The van der Waals surface area contributed by atoms with Gasteiger partial charge in [0, 0.05) is 18.1 Å². The zero-order valence-corrected chi connectivity index (χ0v) is 13.9. The number of halogens is 1. The smallest absolute Gasteiger partial charge is 0.283 e. The first kappa shape index (κ1) is 15.3. The van der Waals surface area contributed by atoms with Crippen LogP contribution in [0, 0.1) is 0 Å². The fraction of sp³-hybridized carbons (Fsp3) is 0.375. The van der Waals surface area contributed by atoms with Crippen molar-refractivity contribution in [2.45, 2.75) is 19.4 Å². The molecule has 24 heavy (non-hydrogen) atoms. The van der Waals surface area contributed by atoms with Crippen molar-refractivity contribution in [3.63, 3.8) is 0 Å². The van der Waals surface area contributed by atoms with E-state index in [0.29, 0.717) is 17.2 Å². The number of hydrogen-bond donors (Lipinski definition) is 0. The predicted octanol–water partition coefficient (Wildman–Crippen LogP) is 1.73. The summed E-state index contributed by atoms with van der Waals surface area (Å²) in [4.78, 5) is 19.4. The highest BCUT2D eigenvalue weighted by molar-refractivity contribution is 6.30. The summed E-state index contributed by atoms with van der Waals surface area (Å²) in [7, 11) is 0. The highest BCUT2D eigenvalue weighted by Crippen LogP contribution is 2.15. The molecule has 1 saturated heterocycles. The molecule has 0 N–H and O–H groups in total. The Morgan fingerprint density at radius 3 is 2.58 bits per heavy atom. The largest absolute Gasteiger partial charge is 0.302 e. The van der Waals surface area contributed by atoms with Gasteiger partial charge < -0.3 is 4.90 Å². The molecule has 1 aliphatic rings. The lowest BCUT2D eigenvalue weighted by molar-refractivity contribution is 0.320. The van der Waals surface area contributed by atoms with E-state index in [4.69, 9.17) is 11.6 Å². The van der Waals surface area contributed by atoms with E-state index in [1.807, 2.05) is 12.1 Å². The Morgan fingerprint density at radius 2 is 1.83 bits per heavy atom. The summed E-state index contributed by atoms with van der Waals surface area (Å²) in [5.41, 5.74) is 1.36. The molecule has 4 rings (SSSR count). The Hall–Kier alpha value is -2.25. The zero-order chi connectivity index (χ0) is 16.5. The lowest BCUT2D eigenvalue weighted by atomic mass is 10.3. The third-order valence-electron chi connectivity index (χ3n) is 4.36. The van der Waals surface area contributed by atoms with Gasteiger partial charge in [0.25, 0.3) is 5.56 Å². The summed E-state index contributed by atoms with van der Waals surface area (Å²) in [6.45, 7) is 3.70. The maximum atomic E-state index is 12.6. The summed E-state index contributed by atoms with van der Waals surface area (Å²) in [5.74, 6) is 0. The minimum atomic E-state index is -0.153. The lowest BCUT2D eigenvalue weighted by Crippen LogP contribution is -2.29. The van der Waals surface area contributed by atoms with Crippen molar-refractivity contribution in [1.82, 2.24) is 29.4 Å². The molecule has 3 heterocycles. The van der Waals surface area contributed by atoms with E-state index in [1.54, 1.807) is 27.7 Å². The van der Waals surface area contributed by atoms with Gasteiger partial charge in [0.2, 0.25) is 0 Å². The van der Waals surface area contributed by atoms with Gasteiger partial charge in [-0.2, -0.15) is 4.68 Å². The summed E-state index contributed by atoms with van der Waals surface area (Å²) in [5, 5.41) is 8.74. The number of likely N-dealkylation sites (tertiary alicyclic amines) is 1. The van der Waals surface area contributed by atoms with Crippen LogP contribution in [0.15, 0.2) is 35.4 Å². The SMILES string of the molecule is O=c1c2nnn(-c3ccc(Cl)cc3)c2ncn1CCN1CCCC1. The Morgan fingerprint density at radius 1 is 1.08 bits per heavy atom. The first-order valence-electron chi connectivity index (χ1n) is 8.01. The minimum absolute atomic E-state index is 0.153. The van der Waals surface area contributed by atoms with E-state index in [-0.39, 0.29) is 11.1 Å². The normalized spacial score (nSPS) is 15.4. The van der Waals surface area contributed by atoms with Crippen LogP contribution >= 0.6 is 11.6 Å². The van der Waals surface area contributed by atoms with Crippen LogP contribution in [0.3, 0.4) is 0 Å². The number of rotatable bonds is 4. The fourth-order valence-electron chi connectivity index (χ4n) is 3.01. The van der Waals surface area contributed by atoms with Crippen molar-refractivity contribution in [2.75, 3.05) is 19.6 Å². The molecule has 0 unspecified atom stereocenters. The quantitative estimate of drug-likeness (QED) is 0.721. The average Bonchev–Trinajstić information content (AvgIpc) is 3.25. The third kappa shape index (κ3) is 2.81. The molecular formula is C16H17ClN6O. The van der Waals surface area contributed by atoms with Gasteiger partial charge >= 0.3 is 0 Å². The Bertz CT molecular complexity index is 910. The highest BCUT2D eigenvalue weighted by Gasteiger charge is 2.15. The van der Waals surface area contributed by atoms with Crippen molar-refractivity contribution < 1.29 is 0 Å². The van der Waals surface area contributed by atoms with Gasteiger partial charge in [0.15, 0.2) is 11.2 Å². The van der Waals surface area contributed by atoms with Gasteiger partial charge in [-0.3, -0.25) is 9.36 Å². The molecule has 124 valence electrons. The molecule has 3 aromatic rings. The average molecular weight is 345 g/mol. The summed E-state index contributed by atoms with van der Waals surface area (Å²) in [6, 6.07) is 7.16. The Balaban J connectivity index is 1.65. The van der Waals surface area contributed by atoms with E-state index in [9.17, 15) is 4.79 Å². The number of aromatic nitrogens is 5. The van der Waals surface area contributed by atoms with Gasteiger partial charge in [0.05, 0.1) is 5.69 Å². The van der Waals surface area contributed by atoms with E-state index < -0.39 is 0 Å². The molecule has 1 aliphatic heterocycles. The highest BCUT2D eigenvalue weighted by atomic mass is 35.5. The Labute approximate surface area is 143 Å². The molecule has 0 bridgehead atoms. The second-order valence-electron chi connectivity index (χ2n) is 5.94. The number of nitrogens with zero attached hydrogens (tertiary/aromatic N) is 6. The van der Waals surface area contributed by atoms with Crippen LogP contribution in [0.2, 0.25) is 5.02 Å². The first-order valence-corrected chi connectivity index (χ1v) is 8.39. The van der Waals surface area contributed by atoms with Gasteiger partial charge in [0.1, 0.15) is 6.33 Å². The van der Waals surface area contributed by atoms with E-state index in [2.05, 4.69) is 20.2 Å². The number of hydrogen-bond acceptors (Lipinski definition) is 5. The molecule has 0 spiro atoms. The van der Waals surface area contributed by atoms with Crippen LogP contribution in [0.25, 0.3) is 16.9 Å². The summed E-state index contributed by atoms with van der Waals surface area (Å²) in [6.07, 6.45) is 4.06. The van der Waals surface area contributed by atoms with Crippen LogP contribution < -0.4 is 5.56 Å². The van der Waals surface area contributed by atoms with E-state index in [0.717, 1.165) is 25.3 Å². The van der Waals surface area contributed by atoms with Crippen molar-refractivity contribution in [3.05, 3.63) is 46.0 Å². The van der Waals surface area contributed by atoms with E-state index >= 15 is 0 Å². The lowest BCUT2D eigenvalue weighted by Gasteiger charge is -2.14. The van der Waals surface area contributed by atoms with Crippen molar-refractivity contribution in [1.29, 1.82) is 0 Å². The monoisotopic (exact) mass is 344 g/mol. The molecule has 0 radical (unpaired) electrons. The van der Waals surface area contributed by atoms with Crippen LogP contribution in [-0.2, 0) is 6.54 Å². The Kier molecular flexibility index (Phi) is 4.03. The van der Waals surface area contributed by atoms with Crippen LogP contribution in [0.4, 0.5) is 0 Å². The molecule has 1 aromatic carbocycles. The van der Waals surface area contributed by atoms with E-state index in [1.165, 1.54) is 12.8 Å². The van der Waals surface area contributed by atoms with Crippen molar-refractivity contribution in [3.8, 4) is 5.69 Å². The van der Waals surface area contributed by atoms with Crippen molar-refractivity contribution in [2.24, 2.45) is 0 Å². The maximum Gasteiger partial charge on any atom is 0.283 e. The zero-order valence-electron chi connectivity index (χ0n) is 13.1. The molecule has 8 heteroatoms. The fourth-order valence-corrected chi connectivity index (χ4v) is 3.14. The molecule has 0 amide bonds. The molecule has 7 nitrogen and oxygen atoms in total. The second-order valence-corrected chi connectivity index (χ2v) is 6.38. The molecule has 0 atom stereocenters. The molecule has 2 aromatic heterocycles. The van der Waals surface area contributed by atoms with Crippen LogP contribution in [-0.4, -0.2) is 49.1 Å². The van der Waals surface area contributed by atoms with Gasteiger partial charge in [-0.25, -0.2) is 4.98 Å². The molecular weight excluding hydrogens is 328 g/mol. The van der Waals surface area contributed by atoms with Crippen LogP contribution in [0.5, 0.6) is 0 Å². The topological polar surface area (TPSA) is 68.8 Å². The molecule has 1 fully saturated rings. The predicted molar refractivity (Wildman–Crippen MR) is 91.6 cm³/mol. The van der Waals surface area contributed by atoms with Crippen LogP contribution in [0.1, 0.15) is 12.8 Å². The summed E-state index contributed by atoms with van der Waals surface area (Å²) >= 11 is 5.91. The first-order chi connectivity index (χ1) is 11.7. The third-order valence-corrected chi connectivity index (χ3v) is 4.61. The summed E-state index contributed by atoms with van der Waals surface area (Å²) < 4.78 is 3.17. The number of fused-ring (bicyclic) bond motifs is 1. The molecule has 0 aliphatic carbocycles.